The number of nitrogens with zero attached hydrogens (tertiary/aromatic N) is 4. The third-order valence-electron chi connectivity index (χ3n) is 2.02. The number of nitrogen functional groups attached to an aromatic ring is 1. The maximum Gasteiger partial charge on any atom is 0.221 e. The van der Waals surface area contributed by atoms with Crippen LogP contribution in [0.4, 0.5) is 5.69 Å². The molecule has 2 aromatic heterocycles. The predicted octanol–water partition coefficient (Wildman–Crippen LogP) is 0.562. The van der Waals surface area contributed by atoms with Gasteiger partial charge in [-0.2, -0.15) is 5.10 Å². The Bertz CT molecular complexity index is 479. The molecule has 2 aromatic rings. The first kappa shape index (κ1) is 9.45. The Morgan fingerprint density at radius 2 is 2.20 bits per heavy atom. The molecule has 0 aliphatic rings. The molecule has 0 atom stereocenters. The number of ether oxygens (including phenoxy) is 1. The Kier molecular flexibility index (Phi) is 2.24. The Morgan fingerprint density at radius 1 is 1.40 bits per heavy atom. The van der Waals surface area contributed by atoms with Gasteiger partial charge in [-0.3, -0.25) is 0 Å². The molecule has 0 saturated carbocycles. The molecule has 0 saturated heterocycles. The highest BCUT2D eigenvalue weighted by Gasteiger charge is 2.09. The zero-order valence-electron chi connectivity index (χ0n) is 8.51. The number of hydrogen-bond acceptors (Lipinski definition) is 5. The SMILES string of the molecule is COc1ncnc(-n2cc(N)cn2)c1C. The van der Waals surface area contributed by atoms with Gasteiger partial charge in [-0.15, -0.1) is 0 Å². The van der Waals surface area contributed by atoms with E-state index in [0.29, 0.717) is 17.4 Å². The van der Waals surface area contributed by atoms with Crippen LogP contribution in [0.3, 0.4) is 0 Å². The molecule has 0 bridgehead atoms. The first-order valence-electron chi connectivity index (χ1n) is 4.38. The van der Waals surface area contributed by atoms with Crippen molar-refractivity contribution in [3.63, 3.8) is 0 Å². The predicted molar refractivity (Wildman–Crippen MR) is 54.9 cm³/mol. The summed E-state index contributed by atoms with van der Waals surface area (Å²) in [6.45, 7) is 1.87. The van der Waals surface area contributed by atoms with E-state index in [9.17, 15) is 0 Å². The van der Waals surface area contributed by atoms with Crippen LogP contribution in [0, 0.1) is 6.92 Å². The maximum atomic E-state index is 5.58. The molecule has 15 heavy (non-hydrogen) atoms. The van der Waals surface area contributed by atoms with E-state index in [-0.39, 0.29) is 0 Å². The largest absolute Gasteiger partial charge is 0.481 e. The van der Waals surface area contributed by atoms with Crippen molar-refractivity contribution in [2.45, 2.75) is 6.92 Å². The van der Waals surface area contributed by atoms with Crippen molar-refractivity contribution < 1.29 is 4.74 Å². The highest BCUT2D eigenvalue weighted by atomic mass is 16.5. The minimum Gasteiger partial charge on any atom is -0.481 e. The third-order valence-corrected chi connectivity index (χ3v) is 2.02. The molecule has 2 heterocycles. The normalized spacial score (nSPS) is 10.3. The van der Waals surface area contributed by atoms with Crippen LogP contribution < -0.4 is 10.5 Å². The monoisotopic (exact) mass is 205 g/mol. The fourth-order valence-electron chi connectivity index (χ4n) is 1.31. The number of anilines is 1. The third kappa shape index (κ3) is 1.61. The van der Waals surface area contributed by atoms with E-state index in [2.05, 4.69) is 15.1 Å². The number of rotatable bonds is 2. The fraction of sp³-hybridized carbons (Fsp3) is 0.222. The molecule has 6 heteroatoms. The zero-order chi connectivity index (χ0) is 10.8. The molecule has 0 aliphatic carbocycles. The van der Waals surface area contributed by atoms with Crippen LogP contribution in [0.15, 0.2) is 18.7 Å². The summed E-state index contributed by atoms with van der Waals surface area (Å²) in [5.41, 5.74) is 6.99. The number of nitrogens with two attached hydrogens (primary N) is 1. The lowest BCUT2D eigenvalue weighted by Crippen LogP contribution is -2.04. The van der Waals surface area contributed by atoms with Crippen LogP contribution in [0.2, 0.25) is 0 Å². The Hall–Kier alpha value is -2.11. The lowest BCUT2D eigenvalue weighted by molar-refractivity contribution is 0.392. The van der Waals surface area contributed by atoms with Crippen LogP contribution in [0.1, 0.15) is 5.56 Å². The van der Waals surface area contributed by atoms with Crippen molar-refractivity contribution >= 4 is 5.69 Å². The van der Waals surface area contributed by atoms with Crippen molar-refractivity contribution in [1.29, 1.82) is 0 Å². The average molecular weight is 205 g/mol. The summed E-state index contributed by atoms with van der Waals surface area (Å²) >= 11 is 0. The van der Waals surface area contributed by atoms with Crippen LogP contribution in [0.5, 0.6) is 5.88 Å². The van der Waals surface area contributed by atoms with E-state index in [4.69, 9.17) is 10.5 Å². The van der Waals surface area contributed by atoms with Crippen molar-refractivity contribution in [3.8, 4) is 11.7 Å². The van der Waals surface area contributed by atoms with E-state index >= 15 is 0 Å². The number of methoxy groups -OCH3 is 1. The van der Waals surface area contributed by atoms with Gasteiger partial charge in [0, 0.05) is 0 Å². The van der Waals surface area contributed by atoms with Crippen LogP contribution in [-0.2, 0) is 0 Å². The first-order valence-corrected chi connectivity index (χ1v) is 4.38. The molecule has 0 aromatic carbocycles. The molecular formula is C9H11N5O. The van der Waals surface area contributed by atoms with Crippen molar-refractivity contribution in [2.24, 2.45) is 0 Å². The van der Waals surface area contributed by atoms with Gasteiger partial charge in [0.2, 0.25) is 5.88 Å². The van der Waals surface area contributed by atoms with Gasteiger partial charge in [0.1, 0.15) is 6.33 Å². The summed E-state index contributed by atoms with van der Waals surface area (Å²) in [5, 5.41) is 4.07. The molecule has 78 valence electrons. The minimum atomic E-state index is 0.536. The Labute approximate surface area is 86.7 Å². The molecule has 0 amide bonds. The molecule has 0 fully saturated rings. The Balaban J connectivity index is 2.53. The van der Waals surface area contributed by atoms with Crippen molar-refractivity contribution in [2.75, 3.05) is 12.8 Å². The molecular weight excluding hydrogens is 194 g/mol. The minimum absolute atomic E-state index is 0.536. The summed E-state index contributed by atoms with van der Waals surface area (Å²) in [5.74, 6) is 1.20. The summed E-state index contributed by atoms with van der Waals surface area (Å²) in [6, 6.07) is 0. The molecule has 2 rings (SSSR count). The molecule has 0 aliphatic heterocycles. The topological polar surface area (TPSA) is 78.9 Å². The lowest BCUT2D eigenvalue weighted by Gasteiger charge is -2.07. The van der Waals surface area contributed by atoms with Gasteiger partial charge in [-0.25, -0.2) is 14.6 Å². The summed E-state index contributed by atoms with van der Waals surface area (Å²) in [7, 11) is 1.57. The van der Waals surface area contributed by atoms with E-state index in [1.807, 2.05) is 6.92 Å². The van der Waals surface area contributed by atoms with Gasteiger partial charge < -0.3 is 10.5 Å². The summed E-state index contributed by atoms with van der Waals surface area (Å²) < 4.78 is 6.68. The molecule has 2 N–H and O–H groups in total. The second-order valence-corrected chi connectivity index (χ2v) is 3.05. The van der Waals surface area contributed by atoms with Gasteiger partial charge in [0.15, 0.2) is 5.82 Å². The molecule has 0 spiro atoms. The van der Waals surface area contributed by atoms with Gasteiger partial charge in [0.25, 0.3) is 0 Å². The standard InChI is InChI=1S/C9H11N5O/c1-6-8(11-5-12-9(6)15-2)14-4-7(10)3-13-14/h3-5H,10H2,1-2H3. The van der Waals surface area contributed by atoms with E-state index in [1.165, 1.54) is 6.33 Å². The molecule has 0 radical (unpaired) electrons. The molecule has 0 unspecified atom stereocenters. The van der Waals surface area contributed by atoms with E-state index in [0.717, 1.165) is 5.56 Å². The zero-order valence-corrected chi connectivity index (χ0v) is 8.51. The van der Waals surface area contributed by atoms with Crippen LogP contribution in [0.25, 0.3) is 5.82 Å². The highest BCUT2D eigenvalue weighted by Crippen LogP contribution is 2.18. The highest BCUT2D eigenvalue weighted by molar-refractivity contribution is 5.41. The fourth-order valence-corrected chi connectivity index (χ4v) is 1.31. The second kappa shape index (κ2) is 3.56. The summed E-state index contributed by atoms with van der Waals surface area (Å²) in [6.07, 6.45) is 4.68. The van der Waals surface area contributed by atoms with Gasteiger partial charge in [0.05, 0.1) is 30.8 Å². The van der Waals surface area contributed by atoms with Gasteiger partial charge in [-0.05, 0) is 6.92 Å². The smallest absolute Gasteiger partial charge is 0.221 e. The van der Waals surface area contributed by atoms with Crippen LogP contribution >= 0.6 is 0 Å². The lowest BCUT2D eigenvalue weighted by atomic mass is 10.3. The van der Waals surface area contributed by atoms with E-state index in [1.54, 1.807) is 24.2 Å². The van der Waals surface area contributed by atoms with Gasteiger partial charge in [-0.1, -0.05) is 0 Å². The number of hydrogen-bond donors (Lipinski definition) is 1. The summed E-state index contributed by atoms with van der Waals surface area (Å²) in [4.78, 5) is 8.11. The average Bonchev–Trinajstić information content (AvgIpc) is 2.65. The van der Waals surface area contributed by atoms with Crippen LogP contribution in [-0.4, -0.2) is 26.9 Å². The first-order chi connectivity index (χ1) is 7.22. The van der Waals surface area contributed by atoms with Gasteiger partial charge >= 0.3 is 0 Å². The van der Waals surface area contributed by atoms with Crippen molar-refractivity contribution in [3.05, 3.63) is 24.3 Å². The second-order valence-electron chi connectivity index (χ2n) is 3.05. The Morgan fingerprint density at radius 3 is 2.80 bits per heavy atom. The van der Waals surface area contributed by atoms with Crippen molar-refractivity contribution in [1.82, 2.24) is 19.7 Å². The molecule has 6 nitrogen and oxygen atoms in total. The van der Waals surface area contributed by atoms with E-state index < -0.39 is 0 Å². The maximum absolute atomic E-state index is 5.58. The number of aromatic nitrogens is 4. The quantitative estimate of drug-likeness (QED) is 0.775.